The van der Waals surface area contributed by atoms with Crippen molar-refractivity contribution in [2.24, 2.45) is 0 Å². The molecular weight excluding hydrogens is 392 g/mol. The van der Waals surface area contributed by atoms with E-state index < -0.39 is 0 Å². The Morgan fingerprint density at radius 2 is 1.96 bits per heavy atom. The molecule has 0 amide bonds. The maximum absolute atomic E-state index is 12.7. The molecule has 28 heavy (non-hydrogen) atoms. The Balaban J connectivity index is 1.82. The van der Waals surface area contributed by atoms with Gasteiger partial charge in [0.15, 0.2) is 5.16 Å². The summed E-state index contributed by atoms with van der Waals surface area (Å²) in [5.41, 5.74) is 2.96. The normalized spacial score (nSPS) is 12.5. The number of rotatable bonds is 7. The van der Waals surface area contributed by atoms with Crippen molar-refractivity contribution in [3.8, 4) is 11.1 Å². The van der Waals surface area contributed by atoms with Crippen LogP contribution in [0.15, 0.2) is 39.6 Å². The van der Waals surface area contributed by atoms with Crippen molar-refractivity contribution >= 4 is 39.3 Å². The first-order valence-corrected chi connectivity index (χ1v) is 11.2. The van der Waals surface area contributed by atoms with Gasteiger partial charge in [0.25, 0.3) is 5.56 Å². The van der Waals surface area contributed by atoms with Crippen molar-refractivity contribution in [2.45, 2.75) is 51.3 Å². The van der Waals surface area contributed by atoms with E-state index in [0.29, 0.717) is 21.3 Å². The number of ether oxygens (including phenoxy) is 1. The van der Waals surface area contributed by atoms with Crippen molar-refractivity contribution in [3.05, 3.63) is 45.6 Å². The molecule has 0 aliphatic carbocycles. The van der Waals surface area contributed by atoms with Gasteiger partial charge in [-0.15, -0.1) is 11.3 Å². The lowest BCUT2D eigenvalue weighted by Gasteiger charge is -2.10. The number of aromatic nitrogens is 2. The molecule has 0 fully saturated rings. The Morgan fingerprint density at radius 3 is 2.61 bits per heavy atom. The Kier molecular flexibility index (Phi) is 6.57. The van der Waals surface area contributed by atoms with Crippen LogP contribution in [0.4, 0.5) is 0 Å². The highest BCUT2D eigenvalue weighted by Crippen LogP contribution is 2.32. The van der Waals surface area contributed by atoms with Gasteiger partial charge in [-0.25, -0.2) is 4.98 Å². The molecule has 0 radical (unpaired) electrons. The first-order chi connectivity index (χ1) is 13.4. The SMILES string of the molecule is CCC(C)OC(=O)CSc1nc2scc(-c3ccc(C(C)C)cc3)c2c(=O)[nH]1. The Hall–Kier alpha value is -2.12. The molecule has 2 aromatic heterocycles. The predicted molar refractivity (Wildman–Crippen MR) is 116 cm³/mol. The number of fused-ring (bicyclic) bond motifs is 1. The molecule has 0 aliphatic heterocycles. The highest BCUT2D eigenvalue weighted by molar-refractivity contribution is 7.99. The highest BCUT2D eigenvalue weighted by atomic mass is 32.2. The molecule has 0 spiro atoms. The molecule has 0 aliphatic rings. The highest BCUT2D eigenvalue weighted by Gasteiger charge is 2.15. The average molecular weight is 417 g/mol. The van der Waals surface area contributed by atoms with Crippen molar-refractivity contribution in [1.29, 1.82) is 0 Å². The second kappa shape index (κ2) is 8.92. The number of nitrogens with one attached hydrogen (secondary N) is 1. The second-order valence-electron chi connectivity index (χ2n) is 6.97. The Bertz CT molecular complexity index is 1020. The van der Waals surface area contributed by atoms with Crippen LogP contribution in [-0.4, -0.2) is 27.8 Å². The number of H-pyrrole nitrogens is 1. The fourth-order valence-corrected chi connectivity index (χ4v) is 4.38. The minimum atomic E-state index is -0.306. The van der Waals surface area contributed by atoms with Crippen LogP contribution in [0.2, 0.25) is 0 Å². The van der Waals surface area contributed by atoms with Crippen LogP contribution in [0.1, 0.15) is 45.6 Å². The van der Waals surface area contributed by atoms with E-state index in [0.717, 1.165) is 17.5 Å². The van der Waals surface area contributed by atoms with Gasteiger partial charge in [0, 0.05) is 10.9 Å². The number of hydrogen-bond acceptors (Lipinski definition) is 6. The molecular formula is C21H24N2O3S2. The number of hydrogen-bond donors (Lipinski definition) is 1. The molecule has 0 saturated heterocycles. The molecule has 0 saturated carbocycles. The zero-order valence-electron chi connectivity index (χ0n) is 16.4. The van der Waals surface area contributed by atoms with Crippen LogP contribution in [-0.2, 0) is 9.53 Å². The van der Waals surface area contributed by atoms with E-state index in [-0.39, 0.29) is 23.4 Å². The van der Waals surface area contributed by atoms with E-state index in [1.54, 1.807) is 0 Å². The monoisotopic (exact) mass is 416 g/mol. The van der Waals surface area contributed by atoms with Crippen LogP contribution in [0.3, 0.4) is 0 Å². The van der Waals surface area contributed by atoms with E-state index in [9.17, 15) is 9.59 Å². The lowest BCUT2D eigenvalue weighted by atomic mass is 9.99. The lowest BCUT2D eigenvalue weighted by molar-refractivity contribution is -0.144. The van der Waals surface area contributed by atoms with E-state index >= 15 is 0 Å². The van der Waals surface area contributed by atoms with Gasteiger partial charge in [-0.2, -0.15) is 0 Å². The maximum Gasteiger partial charge on any atom is 0.316 e. The number of thioether (sulfide) groups is 1. The summed E-state index contributed by atoms with van der Waals surface area (Å²) < 4.78 is 5.25. The van der Waals surface area contributed by atoms with Gasteiger partial charge in [0.2, 0.25) is 0 Å². The molecule has 2 heterocycles. The summed E-state index contributed by atoms with van der Waals surface area (Å²) >= 11 is 2.62. The summed E-state index contributed by atoms with van der Waals surface area (Å²) in [6.07, 6.45) is 0.664. The van der Waals surface area contributed by atoms with Crippen molar-refractivity contribution in [2.75, 3.05) is 5.75 Å². The summed E-state index contributed by atoms with van der Waals surface area (Å²) in [6.45, 7) is 8.13. The molecule has 3 rings (SSSR count). The third-order valence-electron chi connectivity index (χ3n) is 4.54. The number of nitrogens with zero attached hydrogens (tertiary/aromatic N) is 1. The second-order valence-corrected chi connectivity index (χ2v) is 8.80. The summed E-state index contributed by atoms with van der Waals surface area (Å²) in [6, 6.07) is 8.28. The first-order valence-electron chi connectivity index (χ1n) is 9.33. The predicted octanol–water partition coefficient (Wildman–Crippen LogP) is 5.21. The molecule has 148 valence electrons. The third kappa shape index (κ3) is 4.64. The van der Waals surface area contributed by atoms with Crippen molar-refractivity contribution in [3.63, 3.8) is 0 Å². The van der Waals surface area contributed by atoms with Crippen LogP contribution >= 0.6 is 23.1 Å². The molecule has 1 unspecified atom stereocenters. The lowest BCUT2D eigenvalue weighted by Crippen LogP contribution is -2.16. The average Bonchev–Trinajstić information content (AvgIpc) is 3.11. The summed E-state index contributed by atoms with van der Waals surface area (Å²) in [5, 5.41) is 2.99. The number of aromatic amines is 1. The summed E-state index contributed by atoms with van der Waals surface area (Å²) in [5.74, 6) is 0.275. The molecule has 1 atom stereocenters. The van der Waals surface area contributed by atoms with Gasteiger partial charge in [0.05, 0.1) is 17.2 Å². The smallest absolute Gasteiger partial charge is 0.316 e. The van der Waals surface area contributed by atoms with Gasteiger partial charge in [-0.3, -0.25) is 9.59 Å². The van der Waals surface area contributed by atoms with E-state index in [1.165, 1.54) is 28.7 Å². The summed E-state index contributed by atoms with van der Waals surface area (Å²) in [4.78, 5) is 32.5. The number of carbonyl (C=O) groups excluding carboxylic acids is 1. The van der Waals surface area contributed by atoms with Gasteiger partial charge in [0.1, 0.15) is 4.83 Å². The zero-order chi connectivity index (χ0) is 20.3. The minimum absolute atomic E-state index is 0.107. The Labute approximate surface area is 172 Å². The van der Waals surface area contributed by atoms with Gasteiger partial charge >= 0.3 is 5.97 Å². The molecule has 0 bridgehead atoms. The molecule has 7 heteroatoms. The molecule has 1 N–H and O–H groups in total. The van der Waals surface area contributed by atoms with Crippen molar-refractivity contribution in [1.82, 2.24) is 9.97 Å². The first kappa shape index (κ1) is 20.6. The molecule has 3 aromatic rings. The van der Waals surface area contributed by atoms with Crippen molar-refractivity contribution < 1.29 is 9.53 Å². The third-order valence-corrected chi connectivity index (χ3v) is 6.26. The van der Waals surface area contributed by atoms with Crippen LogP contribution < -0.4 is 5.56 Å². The van der Waals surface area contributed by atoms with Crippen LogP contribution in [0.5, 0.6) is 0 Å². The van der Waals surface area contributed by atoms with Gasteiger partial charge in [-0.1, -0.05) is 56.8 Å². The summed E-state index contributed by atoms with van der Waals surface area (Å²) in [7, 11) is 0. The van der Waals surface area contributed by atoms with Gasteiger partial charge < -0.3 is 9.72 Å². The Morgan fingerprint density at radius 1 is 1.25 bits per heavy atom. The number of thiophene rings is 1. The van der Waals surface area contributed by atoms with Gasteiger partial charge in [-0.05, 0) is 30.4 Å². The molecule has 5 nitrogen and oxygen atoms in total. The quantitative estimate of drug-likeness (QED) is 0.325. The van der Waals surface area contributed by atoms with Crippen LogP contribution in [0, 0.1) is 0 Å². The number of carbonyl (C=O) groups is 1. The topological polar surface area (TPSA) is 72.0 Å². The van der Waals surface area contributed by atoms with Crippen LogP contribution in [0.25, 0.3) is 21.3 Å². The maximum atomic E-state index is 12.7. The number of benzene rings is 1. The largest absolute Gasteiger partial charge is 0.462 e. The molecule has 1 aromatic carbocycles. The number of esters is 1. The van der Waals surface area contributed by atoms with E-state index in [1.807, 2.05) is 31.4 Å². The fourth-order valence-electron chi connectivity index (χ4n) is 2.73. The minimum Gasteiger partial charge on any atom is -0.462 e. The fraction of sp³-hybridized carbons (Fsp3) is 0.381. The standard InChI is InChI=1S/C21H24N2O3S2/c1-5-13(4)26-17(24)11-28-21-22-19(25)18-16(10-27-20(18)23-21)15-8-6-14(7-9-15)12(2)3/h6-10,12-13H,5,11H2,1-4H3,(H,22,23,25). The van der Waals surface area contributed by atoms with E-state index in [4.69, 9.17) is 4.74 Å². The zero-order valence-corrected chi connectivity index (χ0v) is 18.1. The van der Waals surface area contributed by atoms with E-state index in [2.05, 4.69) is 35.9 Å².